The van der Waals surface area contributed by atoms with E-state index in [0.717, 1.165) is 18.8 Å². The molecule has 0 bridgehead atoms. The zero-order valence-electron chi connectivity index (χ0n) is 8.24. The standard InChI is InChI=1S/C9H14ClN3S/c1-2-7-5-3-4-6-13(7)9-8(10)11-14-12-9/h7H,2-6H2,1H3. The summed E-state index contributed by atoms with van der Waals surface area (Å²) in [6, 6.07) is 0.602. The molecule has 14 heavy (non-hydrogen) atoms. The van der Waals surface area contributed by atoms with E-state index in [4.69, 9.17) is 11.6 Å². The highest BCUT2D eigenvalue weighted by Crippen LogP contribution is 2.30. The van der Waals surface area contributed by atoms with Gasteiger partial charge >= 0.3 is 0 Å². The van der Waals surface area contributed by atoms with E-state index < -0.39 is 0 Å². The molecule has 0 amide bonds. The summed E-state index contributed by atoms with van der Waals surface area (Å²) in [5.41, 5.74) is 0. The highest BCUT2D eigenvalue weighted by atomic mass is 35.5. The van der Waals surface area contributed by atoms with E-state index in [9.17, 15) is 0 Å². The molecule has 0 aromatic carbocycles. The van der Waals surface area contributed by atoms with Crippen molar-refractivity contribution >= 4 is 29.1 Å². The Labute approximate surface area is 93.4 Å². The lowest BCUT2D eigenvalue weighted by atomic mass is 10.0. The number of anilines is 1. The molecule has 1 aromatic heterocycles. The minimum atomic E-state index is 0.565. The number of piperidine rings is 1. The van der Waals surface area contributed by atoms with Crippen LogP contribution in [0.25, 0.3) is 0 Å². The summed E-state index contributed by atoms with van der Waals surface area (Å²) < 4.78 is 8.28. The van der Waals surface area contributed by atoms with Crippen LogP contribution >= 0.6 is 23.3 Å². The highest BCUT2D eigenvalue weighted by Gasteiger charge is 2.24. The lowest BCUT2D eigenvalue weighted by Gasteiger charge is -2.35. The molecule has 2 rings (SSSR count). The van der Waals surface area contributed by atoms with Gasteiger partial charge in [-0.1, -0.05) is 18.5 Å². The molecule has 1 saturated heterocycles. The molecular weight excluding hydrogens is 218 g/mol. The number of aromatic nitrogens is 2. The van der Waals surface area contributed by atoms with Gasteiger partial charge in [0.25, 0.3) is 0 Å². The third-order valence-corrected chi connectivity index (χ3v) is 3.68. The molecule has 1 atom stereocenters. The smallest absolute Gasteiger partial charge is 0.187 e. The maximum Gasteiger partial charge on any atom is 0.187 e. The molecule has 3 nitrogen and oxygen atoms in total. The van der Waals surface area contributed by atoms with E-state index in [0.29, 0.717) is 11.2 Å². The first kappa shape index (κ1) is 10.2. The topological polar surface area (TPSA) is 29.0 Å². The van der Waals surface area contributed by atoms with Gasteiger partial charge in [-0.05, 0) is 25.7 Å². The molecule has 1 fully saturated rings. The molecule has 2 heterocycles. The Bertz CT molecular complexity index is 302. The largest absolute Gasteiger partial charge is 0.350 e. The van der Waals surface area contributed by atoms with Gasteiger partial charge in [-0.25, -0.2) is 0 Å². The van der Waals surface area contributed by atoms with Crippen molar-refractivity contribution in [2.75, 3.05) is 11.4 Å². The van der Waals surface area contributed by atoms with Crippen molar-refractivity contribution in [2.45, 2.75) is 38.6 Å². The molecule has 0 aliphatic carbocycles. The molecule has 0 radical (unpaired) electrons. The van der Waals surface area contributed by atoms with Gasteiger partial charge in [0.1, 0.15) is 0 Å². The maximum absolute atomic E-state index is 5.99. The lowest BCUT2D eigenvalue weighted by Crippen LogP contribution is -2.39. The summed E-state index contributed by atoms with van der Waals surface area (Å²) in [7, 11) is 0. The van der Waals surface area contributed by atoms with Gasteiger partial charge in [-0.3, -0.25) is 0 Å². The van der Waals surface area contributed by atoms with Crippen molar-refractivity contribution < 1.29 is 0 Å². The van der Waals surface area contributed by atoms with Gasteiger partial charge in [-0.15, -0.1) is 0 Å². The van der Waals surface area contributed by atoms with E-state index in [-0.39, 0.29) is 0 Å². The third kappa shape index (κ3) is 1.86. The number of hydrogen-bond acceptors (Lipinski definition) is 4. The minimum absolute atomic E-state index is 0.565. The molecule has 0 saturated carbocycles. The van der Waals surface area contributed by atoms with Gasteiger partial charge in [0.15, 0.2) is 11.0 Å². The first-order valence-corrected chi connectivity index (χ1v) is 6.18. The van der Waals surface area contributed by atoms with Crippen LogP contribution in [0.15, 0.2) is 0 Å². The van der Waals surface area contributed by atoms with E-state index in [1.165, 1.54) is 31.0 Å². The second-order valence-corrected chi connectivity index (χ2v) is 4.52. The Balaban J connectivity index is 2.19. The van der Waals surface area contributed by atoms with Gasteiger partial charge in [0, 0.05) is 12.6 Å². The van der Waals surface area contributed by atoms with Crippen LogP contribution in [0.4, 0.5) is 5.82 Å². The molecule has 1 aromatic rings. The van der Waals surface area contributed by atoms with E-state index in [2.05, 4.69) is 20.6 Å². The lowest BCUT2D eigenvalue weighted by molar-refractivity contribution is 0.447. The second kappa shape index (κ2) is 4.45. The quantitative estimate of drug-likeness (QED) is 0.784. The summed E-state index contributed by atoms with van der Waals surface area (Å²) in [4.78, 5) is 2.31. The van der Waals surface area contributed by atoms with Crippen molar-refractivity contribution in [3.05, 3.63) is 5.15 Å². The first-order valence-electron chi connectivity index (χ1n) is 5.07. The van der Waals surface area contributed by atoms with Crippen LogP contribution in [0.3, 0.4) is 0 Å². The molecule has 78 valence electrons. The molecule has 1 unspecified atom stereocenters. The Morgan fingerprint density at radius 3 is 3.00 bits per heavy atom. The predicted octanol–water partition coefficient (Wildman–Crippen LogP) is 2.96. The van der Waals surface area contributed by atoms with Crippen LogP contribution in [0.5, 0.6) is 0 Å². The molecular formula is C9H14ClN3S. The van der Waals surface area contributed by atoms with Crippen molar-refractivity contribution in [3.63, 3.8) is 0 Å². The maximum atomic E-state index is 5.99. The Kier molecular flexibility index (Phi) is 3.23. The van der Waals surface area contributed by atoms with Crippen LogP contribution in [-0.2, 0) is 0 Å². The summed E-state index contributed by atoms with van der Waals surface area (Å²) in [5.74, 6) is 0.892. The van der Waals surface area contributed by atoms with Crippen molar-refractivity contribution in [1.82, 2.24) is 8.75 Å². The second-order valence-electron chi connectivity index (χ2n) is 3.63. The predicted molar refractivity (Wildman–Crippen MR) is 60.2 cm³/mol. The van der Waals surface area contributed by atoms with Gasteiger partial charge < -0.3 is 4.90 Å². The van der Waals surface area contributed by atoms with Crippen LogP contribution in [0.2, 0.25) is 5.15 Å². The molecule has 0 N–H and O–H groups in total. The fourth-order valence-electron chi connectivity index (χ4n) is 2.05. The summed E-state index contributed by atoms with van der Waals surface area (Å²) >= 11 is 7.19. The Morgan fingerprint density at radius 1 is 1.50 bits per heavy atom. The Hall–Kier alpha value is -0.350. The van der Waals surface area contributed by atoms with E-state index in [1.807, 2.05) is 0 Å². The van der Waals surface area contributed by atoms with Crippen LogP contribution in [-0.4, -0.2) is 21.3 Å². The summed E-state index contributed by atoms with van der Waals surface area (Å²) in [6.45, 7) is 3.29. The molecule has 1 aliphatic heterocycles. The highest BCUT2D eigenvalue weighted by molar-refractivity contribution is 6.99. The summed E-state index contributed by atoms with van der Waals surface area (Å²) in [5, 5.41) is 0.565. The number of nitrogens with zero attached hydrogens (tertiary/aromatic N) is 3. The normalized spacial score (nSPS) is 22.7. The zero-order chi connectivity index (χ0) is 9.97. The van der Waals surface area contributed by atoms with Gasteiger partial charge in [0.05, 0.1) is 11.7 Å². The number of hydrogen-bond donors (Lipinski definition) is 0. The van der Waals surface area contributed by atoms with Crippen molar-refractivity contribution in [3.8, 4) is 0 Å². The number of halogens is 1. The first-order chi connectivity index (χ1) is 6.83. The SMILES string of the molecule is CCC1CCCCN1c1nsnc1Cl. The fourth-order valence-corrected chi connectivity index (χ4v) is 2.80. The average Bonchev–Trinajstić information content (AvgIpc) is 2.64. The van der Waals surface area contributed by atoms with Crippen LogP contribution < -0.4 is 4.90 Å². The van der Waals surface area contributed by atoms with Gasteiger partial charge in [-0.2, -0.15) is 8.75 Å². The minimum Gasteiger partial charge on any atom is -0.350 e. The molecule has 0 spiro atoms. The van der Waals surface area contributed by atoms with E-state index in [1.54, 1.807) is 0 Å². The third-order valence-electron chi connectivity index (χ3n) is 2.80. The van der Waals surface area contributed by atoms with Gasteiger partial charge in [0.2, 0.25) is 0 Å². The zero-order valence-corrected chi connectivity index (χ0v) is 9.81. The molecule has 1 aliphatic rings. The summed E-state index contributed by atoms with van der Waals surface area (Å²) in [6.07, 6.45) is 4.98. The van der Waals surface area contributed by atoms with Crippen molar-refractivity contribution in [2.24, 2.45) is 0 Å². The monoisotopic (exact) mass is 231 g/mol. The Morgan fingerprint density at radius 2 is 2.36 bits per heavy atom. The van der Waals surface area contributed by atoms with Crippen LogP contribution in [0.1, 0.15) is 32.6 Å². The van der Waals surface area contributed by atoms with Crippen LogP contribution in [0, 0.1) is 0 Å². The molecule has 5 heteroatoms. The van der Waals surface area contributed by atoms with Crippen molar-refractivity contribution in [1.29, 1.82) is 0 Å². The van der Waals surface area contributed by atoms with E-state index >= 15 is 0 Å². The fraction of sp³-hybridized carbons (Fsp3) is 0.778. The number of rotatable bonds is 2. The average molecular weight is 232 g/mol.